The fraction of sp³-hybridized carbons (Fsp3) is 0.267. The van der Waals surface area contributed by atoms with Crippen LogP contribution >= 0.6 is 0 Å². The zero-order chi connectivity index (χ0) is 11.7. The summed E-state index contributed by atoms with van der Waals surface area (Å²) in [4.78, 5) is 0. The summed E-state index contributed by atoms with van der Waals surface area (Å²) in [6.07, 6.45) is 0. The molecule has 1 aromatic carbocycles. The van der Waals surface area contributed by atoms with Crippen LogP contribution in [-0.4, -0.2) is 0 Å². The standard InChI is InChI=1S/C15H18N/c1-11-6-5-7-15(10-11)16-13(3)8-12(2)9-14(16)4/h5-10H,1-4H3/q+1. The summed E-state index contributed by atoms with van der Waals surface area (Å²) in [5, 5.41) is 0. The molecule has 0 unspecified atom stereocenters. The Morgan fingerprint density at radius 1 is 0.750 bits per heavy atom. The molecule has 0 atom stereocenters. The van der Waals surface area contributed by atoms with Crippen molar-refractivity contribution in [3.63, 3.8) is 0 Å². The van der Waals surface area contributed by atoms with Crippen LogP contribution in [0.2, 0.25) is 0 Å². The first-order valence-electron chi connectivity index (χ1n) is 5.65. The predicted octanol–water partition coefficient (Wildman–Crippen LogP) is 3.20. The Kier molecular flexibility index (Phi) is 2.78. The largest absolute Gasteiger partial charge is 0.211 e. The molecule has 0 radical (unpaired) electrons. The number of nitrogens with zero attached hydrogens (tertiary/aromatic N) is 1. The summed E-state index contributed by atoms with van der Waals surface area (Å²) < 4.78 is 2.29. The maximum Gasteiger partial charge on any atom is 0.211 e. The molecule has 0 saturated carbocycles. The highest BCUT2D eigenvalue weighted by Crippen LogP contribution is 2.09. The number of benzene rings is 1. The average molecular weight is 212 g/mol. The molecule has 0 spiro atoms. The second-order valence-corrected chi connectivity index (χ2v) is 4.49. The molecule has 1 heterocycles. The number of aryl methyl sites for hydroxylation is 4. The second kappa shape index (κ2) is 4.09. The van der Waals surface area contributed by atoms with Crippen molar-refractivity contribution in [2.45, 2.75) is 27.7 Å². The Balaban J connectivity index is 2.64. The number of rotatable bonds is 1. The van der Waals surface area contributed by atoms with E-state index in [4.69, 9.17) is 0 Å². The van der Waals surface area contributed by atoms with Crippen LogP contribution in [0.3, 0.4) is 0 Å². The lowest BCUT2D eigenvalue weighted by Crippen LogP contribution is -2.37. The lowest BCUT2D eigenvalue weighted by molar-refractivity contribution is -0.609. The fourth-order valence-corrected chi connectivity index (χ4v) is 2.28. The Labute approximate surface area is 97.4 Å². The molecule has 0 aliphatic carbocycles. The molecule has 1 aromatic heterocycles. The van der Waals surface area contributed by atoms with Crippen molar-refractivity contribution in [2.24, 2.45) is 0 Å². The normalized spacial score (nSPS) is 10.5. The highest BCUT2D eigenvalue weighted by atomic mass is 15.0. The minimum Gasteiger partial charge on any atom is -0.162 e. The van der Waals surface area contributed by atoms with Gasteiger partial charge in [-0.2, -0.15) is 4.57 Å². The van der Waals surface area contributed by atoms with Crippen molar-refractivity contribution < 1.29 is 4.57 Å². The van der Waals surface area contributed by atoms with Crippen LogP contribution in [0.25, 0.3) is 5.69 Å². The van der Waals surface area contributed by atoms with Gasteiger partial charge in [-0.1, -0.05) is 12.1 Å². The Hall–Kier alpha value is -1.63. The first-order valence-corrected chi connectivity index (χ1v) is 5.65. The van der Waals surface area contributed by atoms with Gasteiger partial charge in [0.2, 0.25) is 5.69 Å². The van der Waals surface area contributed by atoms with Gasteiger partial charge >= 0.3 is 0 Å². The van der Waals surface area contributed by atoms with Crippen molar-refractivity contribution in [3.8, 4) is 5.69 Å². The molecule has 2 rings (SSSR count). The molecule has 82 valence electrons. The van der Waals surface area contributed by atoms with Crippen LogP contribution in [0.1, 0.15) is 22.5 Å². The van der Waals surface area contributed by atoms with Crippen LogP contribution < -0.4 is 4.57 Å². The Morgan fingerprint density at radius 3 is 1.94 bits per heavy atom. The third kappa shape index (κ3) is 1.99. The topological polar surface area (TPSA) is 3.88 Å². The number of pyridine rings is 1. The summed E-state index contributed by atoms with van der Waals surface area (Å²) in [7, 11) is 0. The quantitative estimate of drug-likeness (QED) is 0.639. The highest BCUT2D eigenvalue weighted by molar-refractivity contribution is 5.29. The molecule has 0 saturated heterocycles. The number of hydrogen-bond acceptors (Lipinski definition) is 0. The van der Waals surface area contributed by atoms with E-state index in [0.29, 0.717) is 0 Å². The maximum absolute atomic E-state index is 2.29. The van der Waals surface area contributed by atoms with E-state index < -0.39 is 0 Å². The predicted molar refractivity (Wildman–Crippen MR) is 66.9 cm³/mol. The first kappa shape index (κ1) is 10.9. The third-order valence-corrected chi connectivity index (χ3v) is 2.84. The van der Waals surface area contributed by atoms with Gasteiger partial charge in [0, 0.05) is 38.1 Å². The zero-order valence-corrected chi connectivity index (χ0v) is 10.4. The molecule has 16 heavy (non-hydrogen) atoms. The average Bonchev–Trinajstić information content (AvgIpc) is 2.15. The maximum atomic E-state index is 2.29. The van der Waals surface area contributed by atoms with Crippen LogP contribution in [0, 0.1) is 27.7 Å². The van der Waals surface area contributed by atoms with E-state index in [9.17, 15) is 0 Å². The minimum absolute atomic E-state index is 1.25. The zero-order valence-electron chi connectivity index (χ0n) is 10.4. The summed E-state index contributed by atoms with van der Waals surface area (Å²) in [6.45, 7) is 8.58. The van der Waals surface area contributed by atoms with E-state index in [1.807, 2.05) is 0 Å². The van der Waals surface area contributed by atoms with E-state index in [1.54, 1.807) is 0 Å². The van der Waals surface area contributed by atoms with Crippen molar-refractivity contribution in [1.29, 1.82) is 0 Å². The van der Waals surface area contributed by atoms with Gasteiger partial charge in [0.25, 0.3) is 0 Å². The van der Waals surface area contributed by atoms with Gasteiger partial charge in [0.15, 0.2) is 11.4 Å². The number of hydrogen-bond donors (Lipinski definition) is 0. The monoisotopic (exact) mass is 212 g/mol. The molecule has 0 N–H and O–H groups in total. The fourth-order valence-electron chi connectivity index (χ4n) is 2.28. The molecule has 0 aliphatic rings. The molecule has 0 bridgehead atoms. The highest BCUT2D eigenvalue weighted by Gasteiger charge is 2.14. The summed E-state index contributed by atoms with van der Waals surface area (Å²) in [5.74, 6) is 0. The summed E-state index contributed by atoms with van der Waals surface area (Å²) in [5.41, 5.74) is 6.42. The number of aromatic nitrogens is 1. The minimum atomic E-state index is 1.25. The van der Waals surface area contributed by atoms with E-state index in [1.165, 1.54) is 28.2 Å². The molecule has 0 aliphatic heterocycles. The van der Waals surface area contributed by atoms with Crippen molar-refractivity contribution >= 4 is 0 Å². The SMILES string of the molecule is Cc1cccc(-[n+]2c(C)cc(C)cc2C)c1. The third-order valence-electron chi connectivity index (χ3n) is 2.84. The lowest BCUT2D eigenvalue weighted by atomic mass is 10.1. The van der Waals surface area contributed by atoms with Crippen molar-refractivity contribution in [3.05, 3.63) is 58.9 Å². The molecule has 1 heteroatoms. The van der Waals surface area contributed by atoms with Gasteiger partial charge in [-0.15, -0.1) is 0 Å². The van der Waals surface area contributed by atoms with Crippen LogP contribution in [-0.2, 0) is 0 Å². The molecule has 2 aromatic rings. The van der Waals surface area contributed by atoms with Crippen molar-refractivity contribution in [1.82, 2.24) is 0 Å². The molecule has 0 fully saturated rings. The van der Waals surface area contributed by atoms with E-state index in [0.717, 1.165) is 0 Å². The molecular formula is C15H18N+. The van der Waals surface area contributed by atoms with Crippen LogP contribution in [0.15, 0.2) is 36.4 Å². The van der Waals surface area contributed by atoms with Gasteiger partial charge in [0.1, 0.15) is 0 Å². The van der Waals surface area contributed by atoms with Gasteiger partial charge < -0.3 is 0 Å². The summed E-state index contributed by atoms with van der Waals surface area (Å²) in [6, 6.07) is 13.0. The van der Waals surface area contributed by atoms with Crippen LogP contribution in [0.4, 0.5) is 0 Å². The van der Waals surface area contributed by atoms with Gasteiger partial charge in [-0.3, -0.25) is 0 Å². The van der Waals surface area contributed by atoms with Gasteiger partial charge in [0.05, 0.1) is 0 Å². The molecule has 1 nitrogen and oxygen atoms in total. The van der Waals surface area contributed by atoms with Gasteiger partial charge in [-0.05, 0) is 25.0 Å². The van der Waals surface area contributed by atoms with E-state index in [-0.39, 0.29) is 0 Å². The molecular weight excluding hydrogens is 194 g/mol. The summed E-state index contributed by atoms with van der Waals surface area (Å²) >= 11 is 0. The van der Waals surface area contributed by atoms with Crippen molar-refractivity contribution in [2.75, 3.05) is 0 Å². The van der Waals surface area contributed by atoms with E-state index in [2.05, 4.69) is 68.7 Å². The van der Waals surface area contributed by atoms with Gasteiger partial charge in [-0.25, -0.2) is 0 Å². The lowest BCUT2D eigenvalue weighted by Gasteiger charge is -2.05. The smallest absolute Gasteiger partial charge is 0.162 e. The van der Waals surface area contributed by atoms with Crippen LogP contribution in [0.5, 0.6) is 0 Å². The Morgan fingerprint density at radius 2 is 1.38 bits per heavy atom. The van der Waals surface area contributed by atoms with E-state index >= 15 is 0 Å². The second-order valence-electron chi connectivity index (χ2n) is 4.49. The first-order chi connectivity index (χ1) is 7.58. The Bertz CT molecular complexity index is 504. The molecule has 0 amide bonds.